The Hall–Kier alpha value is -3.45. The van der Waals surface area contributed by atoms with Crippen molar-refractivity contribution >= 4 is 22.8 Å². The first kappa shape index (κ1) is 25.8. The van der Waals surface area contributed by atoms with E-state index < -0.39 is 17.5 Å². The first-order valence-electron chi connectivity index (χ1n) is 14.4. The Morgan fingerprint density at radius 3 is 2.62 bits per heavy atom. The molecular formula is C32H37N3O4. The maximum atomic E-state index is 13.2. The first-order valence-corrected chi connectivity index (χ1v) is 14.4. The molecule has 1 amide bonds. The van der Waals surface area contributed by atoms with Crippen molar-refractivity contribution in [2.75, 3.05) is 26.2 Å². The third-order valence-corrected chi connectivity index (χ3v) is 9.18. The molecule has 0 radical (unpaired) electrons. The topological polar surface area (TPSA) is 94.8 Å². The lowest BCUT2D eigenvalue weighted by molar-refractivity contribution is -0.142. The van der Waals surface area contributed by atoms with E-state index in [0.717, 1.165) is 63.2 Å². The highest BCUT2D eigenvalue weighted by Gasteiger charge is 2.44. The molecule has 39 heavy (non-hydrogen) atoms. The molecule has 1 aromatic heterocycles. The number of primary amides is 1. The van der Waals surface area contributed by atoms with Crippen molar-refractivity contribution in [2.45, 2.75) is 62.9 Å². The quantitative estimate of drug-likeness (QED) is 0.434. The molecular weight excluding hydrogens is 490 g/mol. The average molecular weight is 528 g/mol. The summed E-state index contributed by atoms with van der Waals surface area (Å²) in [5, 5.41) is 0.715. The summed E-state index contributed by atoms with van der Waals surface area (Å²) in [5.41, 5.74) is 8.64. The van der Waals surface area contributed by atoms with Crippen molar-refractivity contribution in [2.24, 2.45) is 11.7 Å². The van der Waals surface area contributed by atoms with Gasteiger partial charge in [-0.25, -0.2) is 4.79 Å². The van der Waals surface area contributed by atoms with E-state index in [2.05, 4.69) is 28.1 Å². The minimum atomic E-state index is -1.24. The van der Waals surface area contributed by atoms with Crippen LogP contribution in [0.3, 0.4) is 0 Å². The number of pyridine rings is 1. The smallest absolute Gasteiger partial charge is 0.339 e. The van der Waals surface area contributed by atoms with Gasteiger partial charge in [-0.05, 0) is 100 Å². The molecule has 1 saturated heterocycles. The highest BCUT2D eigenvalue weighted by atomic mass is 16.6. The third kappa shape index (κ3) is 5.24. The van der Waals surface area contributed by atoms with Gasteiger partial charge in [0.15, 0.2) is 5.60 Å². The molecule has 2 aliphatic heterocycles. The maximum absolute atomic E-state index is 13.2. The van der Waals surface area contributed by atoms with Crippen molar-refractivity contribution in [1.82, 2.24) is 9.88 Å². The maximum Gasteiger partial charge on any atom is 0.339 e. The number of piperidine rings is 1. The number of esters is 1. The van der Waals surface area contributed by atoms with Gasteiger partial charge in [-0.15, -0.1) is 0 Å². The number of nitrogens with zero attached hydrogens (tertiary/aromatic N) is 2. The fourth-order valence-electron chi connectivity index (χ4n) is 6.80. The Bertz CT molecular complexity index is 1350. The number of likely N-dealkylation sites (tertiary alicyclic amines) is 1. The van der Waals surface area contributed by atoms with Crippen LogP contribution in [-0.4, -0.2) is 53.6 Å². The number of ether oxygens (including phenoxy) is 2. The summed E-state index contributed by atoms with van der Waals surface area (Å²) in [6.45, 7) is 4.11. The fourth-order valence-corrected chi connectivity index (χ4v) is 6.80. The normalized spacial score (nSPS) is 23.7. The molecule has 0 atom stereocenters. The Kier molecular flexibility index (Phi) is 7.26. The van der Waals surface area contributed by atoms with Gasteiger partial charge in [0, 0.05) is 23.6 Å². The van der Waals surface area contributed by atoms with E-state index in [0.29, 0.717) is 35.6 Å². The predicted molar refractivity (Wildman–Crippen MR) is 150 cm³/mol. The van der Waals surface area contributed by atoms with Gasteiger partial charge in [-0.1, -0.05) is 30.3 Å². The molecule has 0 spiro atoms. The first-order chi connectivity index (χ1) is 19.0. The van der Waals surface area contributed by atoms with Gasteiger partial charge >= 0.3 is 5.97 Å². The standard InChI is InChI=1S/C32H37N3O4/c33-31(37)32(39-30(36)27-10-17-34-28-6-2-1-4-25(27)28)15-8-22(9-16-32)11-18-35-19-12-23(13-20-35)24-5-3-7-29-26(24)14-21-38-29/h1-7,10,17,22-23H,8-9,11-16,18-21H2,(H2,33,37). The Labute approximate surface area is 229 Å². The second kappa shape index (κ2) is 11.0. The summed E-state index contributed by atoms with van der Waals surface area (Å²) in [6.07, 6.45) is 8.72. The molecule has 0 unspecified atom stereocenters. The molecule has 2 N–H and O–H groups in total. The third-order valence-electron chi connectivity index (χ3n) is 9.18. The van der Waals surface area contributed by atoms with Crippen LogP contribution >= 0.6 is 0 Å². The lowest BCUT2D eigenvalue weighted by Gasteiger charge is -2.38. The van der Waals surface area contributed by atoms with E-state index >= 15 is 0 Å². The number of fused-ring (bicyclic) bond motifs is 2. The molecule has 3 aromatic rings. The lowest BCUT2D eigenvalue weighted by atomic mass is 9.76. The number of para-hydroxylation sites is 1. The molecule has 3 aliphatic rings. The van der Waals surface area contributed by atoms with Gasteiger partial charge in [0.25, 0.3) is 5.91 Å². The van der Waals surface area contributed by atoms with Crippen LogP contribution in [0.4, 0.5) is 0 Å². The number of amides is 1. The van der Waals surface area contributed by atoms with Crippen molar-refractivity contribution in [3.63, 3.8) is 0 Å². The van der Waals surface area contributed by atoms with E-state index in [1.54, 1.807) is 12.3 Å². The summed E-state index contributed by atoms with van der Waals surface area (Å²) >= 11 is 0. The highest BCUT2D eigenvalue weighted by molar-refractivity contribution is 6.04. The van der Waals surface area contributed by atoms with E-state index in [9.17, 15) is 9.59 Å². The van der Waals surface area contributed by atoms with Crippen LogP contribution in [0.5, 0.6) is 5.75 Å². The van der Waals surface area contributed by atoms with Gasteiger partial charge in [-0.3, -0.25) is 9.78 Å². The van der Waals surface area contributed by atoms with E-state index in [-0.39, 0.29) is 0 Å². The van der Waals surface area contributed by atoms with Crippen LogP contribution in [-0.2, 0) is 16.0 Å². The molecule has 1 saturated carbocycles. The number of hydrogen-bond acceptors (Lipinski definition) is 6. The number of carbonyl (C=O) groups excluding carboxylic acids is 2. The molecule has 7 nitrogen and oxygen atoms in total. The zero-order valence-electron chi connectivity index (χ0n) is 22.4. The van der Waals surface area contributed by atoms with E-state index in [4.69, 9.17) is 15.2 Å². The number of nitrogens with two attached hydrogens (primary N) is 1. The number of hydrogen-bond donors (Lipinski definition) is 1. The number of benzene rings is 2. The van der Waals surface area contributed by atoms with Crippen LogP contribution in [0, 0.1) is 5.92 Å². The summed E-state index contributed by atoms with van der Waals surface area (Å²) in [7, 11) is 0. The zero-order chi connectivity index (χ0) is 26.8. The van der Waals surface area contributed by atoms with Crippen LogP contribution in [0.15, 0.2) is 54.7 Å². The summed E-state index contributed by atoms with van der Waals surface area (Å²) < 4.78 is 11.7. The molecule has 204 valence electrons. The minimum Gasteiger partial charge on any atom is -0.493 e. The summed E-state index contributed by atoms with van der Waals surface area (Å²) in [4.78, 5) is 32.6. The largest absolute Gasteiger partial charge is 0.493 e. The fraction of sp³-hybridized carbons (Fsp3) is 0.469. The molecule has 2 fully saturated rings. The Morgan fingerprint density at radius 2 is 1.82 bits per heavy atom. The molecule has 0 bridgehead atoms. The van der Waals surface area contributed by atoms with Crippen LogP contribution < -0.4 is 10.5 Å². The zero-order valence-corrected chi connectivity index (χ0v) is 22.4. The number of aromatic nitrogens is 1. The van der Waals surface area contributed by atoms with Gasteiger partial charge in [-0.2, -0.15) is 0 Å². The second-order valence-electron chi connectivity index (χ2n) is 11.4. The van der Waals surface area contributed by atoms with Crippen molar-refractivity contribution in [3.05, 3.63) is 71.4 Å². The molecule has 2 aromatic carbocycles. The van der Waals surface area contributed by atoms with Crippen molar-refractivity contribution in [1.29, 1.82) is 0 Å². The monoisotopic (exact) mass is 527 g/mol. The Morgan fingerprint density at radius 1 is 1.03 bits per heavy atom. The molecule has 7 heteroatoms. The Balaban J connectivity index is 1.01. The molecule has 3 heterocycles. The van der Waals surface area contributed by atoms with E-state index in [1.165, 1.54) is 24.0 Å². The van der Waals surface area contributed by atoms with Gasteiger partial charge in [0.2, 0.25) is 0 Å². The SMILES string of the molecule is NC(=O)C1(OC(=O)c2ccnc3ccccc23)CCC(CCN2CCC(c3cccc4c3CCO4)CC2)CC1. The average Bonchev–Trinajstić information content (AvgIpc) is 3.46. The van der Waals surface area contributed by atoms with Crippen LogP contribution in [0.2, 0.25) is 0 Å². The molecule has 1 aliphatic carbocycles. The van der Waals surface area contributed by atoms with Crippen LogP contribution in [0.25, 0.3) is 10.9 Å². The summed E-state index contributed by atoms with van der Waals surface area (Å²) in [5.74, 6) is 1.15. The lowest BCUT2D eigenvalue weighted by Crippen LogP contribution is -2.50. The predicted octanol–water partition coefficient (Wildman–Crippen LogP) is 5.01. The second-order valence-corrected chi connectivity index (χ2v) is 11.4. The van der Waals surface area contributed by atoms with Crippen molar-refractivity contribution in [3.8, 4) is 5.75 Å². The highest BCUT2D eigenvalue weighted by Crippen LogP contribution is 2.39. The molecule has 6 rings (SSSR count). The van der Waals surface area contributed by atoms with E-state index in [1.807, 2.05) is 24.3 Å². The minimum absolute atomic E-state index is 0.416. The number of carbonyl (C=O) groups is 2. The van der Waals surface area contributed by atoms with Gasteiger partial charge in [0.05, 0.1) is 17.7 Å². The van der Waals surface area contributed by atoms with Gasteiger partial charge < -0.3 is 20.1 Å². The number of rotatable bonds is 7. The van der Waals surface area contributed by atoms with Crippen molar-refractivity contribution < 1.29 is 19.1 Å². The summed E-state index contributed by atoms with van der Waals surface area (Å²) in [6, 6.07) is 15.6. The van der Waals surface area contributed by atoms with Crippen LogP contribution in [0.1, 0.15) is 72.3 Å². The van der Waals surface area contributed by atoms with Gasteiger partial charge in [0.1, 0.15) is 5.75 Å².